The van der Waals surface area contributed by atoms with Crippen molar-refractivity contribution in [3.8, 4) is 11.5 Å². The molecule has 10 aromatic carbocycles. The number of hydrogen-bond donors (Lipinski definition) is 0. The molecule has 0 saturated heterocycles. The Hall–Kier alpha value is -6.04. The summed E-state index contributed by atoms with van der Waals surface area (Å²) in [6.07, 6.45) is 0. The molecule has 0 atom stereocenters. The van der Waals surface area contributed by atoms with Gasteiger partial charge in [-0.2, -0.15) is 0 Å². The van der Waals surface area contributed by atoms with E-state index in [0.29, 0.717) is 11.5 Å². The van der Waals surface area contributed by atoms with Gasteiger partial charge in [-0.25, -0.2) is 0 Å². The first-order valence-corrected chi connectivity index (χ1v) is 28.3. The summed E-state index contributed by atoms with van der Waals surface area (Å²) < 4.78 is 19.0. The zero-order valence-corrected chi connectivity index (χ0v) is 39.0. The normalized spacial score (nSPS) is 16.0. The van der Waals surface area contributed by atoms with Crippen molar-refractivity contribution < 1.29 is 6.03 Å². The summed E-state index contributed by atoms with van der Waals surface area (Å²) in [6, 6.07) is 64.9. The number of hydrogen-bond acceptors (Lipinski definition) is 5. The molecule has 0 bridgehead atoms. The van der Waals surface area contributed by atoms with Crippen LogP contribution < -0.4 is 31.3 Å². The molecule has 5 nitrogen and oxygen atoms in total. The molecule has 4 heterocycles. The zero-order chi connectivity index (χ0) is 42.7. The Morgan fingerprint density at radius 2 is 0.578 bits per heavy atom. The van der Waals surface area contributed by atoms with Crippen molar-refractivity contribution in [2.45, 2.75) is 0 Å². The summed E-state index contributed by atoms with van der Waals surface area (Å²) in [4.78, 5) is 7.13. The molecule has 10 heteroatoms. The van der Waals surface area contributed by atoms with E-state index in [-0.39, 0.29) is 20.1 Å². The van der Waals surface area contributed by atoms with Gasteiger partial charge in [0.05, 0.1) is 0 Å². The Bertz CT molecular complexity index is 3330. The average Bonchev–Trinajstić information content (AvgIpc) is 3.69. The second kappa shape index (κ2) is 13.0. The van der Waals surface area contributed by atoms with Gasteiger partial charge in [0.2, 0.25) is 0 Å². The molecule has 1 spiro atoms. The minimum absolute atomic E-state index is 0.113. The van der Waals surface area contributed by atoms with E-state index in [9.17, 15) is 0 Å². The summed E-state index contributed by atoms with van der Waals surface area (Å²) in [6.45, 7) is 0. The fraction of sp³-hybridized carbons (Fsp3) is 0. The van der Waals surface area contributed by atoms with Gasteiger partial charge in [0, 0.05) is 0 Å². The van der Waals surface area contributed by atoms with E-state index < -0.39 is 18.2 Å². The van der Waals surface area contributed by atoms with Crippen LogP contribution in [-0.2, 0) is 0 Å². The van der Waals surface area contributed by atoms with Gasteiger partial charge in [-0.05, 0) is 0 Å². The second-order valence-electron chi connectivity index (χ2n) is 16.6. The quantitative estimate of drug-likeness (QED) is 0.0999. The molecule has 0 amide bonds. The number of fused-ring (bicyclic) bond motifs is 4. The van der Waals surface area contributed by atoms with Gasteiger partial charge in [-0.15, -0.1) is 0 Å². The Morgan fingerprint density at radius 1 is 0.297 bits per heavy atom. The van der Waals surface area contributed by atoms with Crippen LogP contribution >= 0.6 is 46.4 Å². The molecule has 10 aromatic rings. The van der Waals surface area contributed by atoms with Crippen molar-refractivity contribution in [1.82, 2.24) is 0 Å². The van der Waals surface area contributed by atoms with E-state index in [2.05, 4.69) is 197 Å². The molecule has 4 aliphatic heterocycles. The molecule has 64 heavy (non-hydrogen) atoms. The molecule has 0 N–H and O–H groups in total. The van der Waals surface area contributed by atoms with Gasteiger partial charge < -0.3 is 0 Å². The van der Waals surface area contributed by atoms with Crippen LogP contribution in [0.15, 0.2) is 182 Å². The predicted octanol–water partition coefficient (Wildman–Crippen LogP) is 15.0. The molecule has 0 unspecified atom stereocenters. The molecule has 0 saturated carbocycles. The third-order valence-electron chi connectivity index (χ3n) is 13.3. The van der Waals surface area contributed by atoms with E-state index in [4.69, 9.17) is 52.4 Å². The van der Waals surface area contributed by atoms with Crippen LogP contribution in [0.5, 0.6) is 11.5 Å². The SMILES string of the molecule is Clc1c(Cl)c(Cl)c2c(c1Cl)[O][Sb]13([O]2)[c]2c4cccc2N(c2ccc5ccccc5c2)c2cccc([c]21)N(c1ccc2ccccc2c1)c1cccc([c]13)N4c1ccc2ccccc2c1. The van der Waals surface area contributed by atoms with E-state index in [1.807, 2.05) is 0 Å². The molecule has 0 fully saturated rings. The Balaban J connectivity index is 1.19. The van der Waals surface area contributed by atoms with Crippen LogP contribution in [0.4, 0.5) is 51.2 Å². The third kappa shape index (κ3) is 4.59. The summed E-state index contributed by atoms with van der Waals surface area (Å²) in [5.41, 5.74) is 8.57. The Kier molecular flexibility index (Phi) is 7.61. The van der Waals surface area contributed by atoms with Crippen LogP contribution in [0.2, 0.25) is 20.1 Å². The average molecular weight is 1020 g/mol. The maximum absolute atomic E-state index is 8.06. The van der Waals surface area contributed by atoms with Crippen molar-refractivity contribution in [2.75, 3.05) is 14.7 Å². The van der Waals surface area contributed by atoms with Gasteiger partial charge >= 0.3 is 393 Å². The van der Waals surface area contributed by atoms with Crippen molar-refractivity contribution in [1.29, 1.82) is 0 Å². The molecule has 14 rings (SSSR count). The molecular formula is C54H30Cl4N3O2Sb. The van der Waals surface area contributed by atoms with Gasteiger partial charge in [0.1, 0.15) is 0 Å². The Labute approximate surface area is 389 Å². The first-order valence-electron chi connectivity index (χ1n) is 20.9. The number of rotatable bonds is 3. The molecule has 0 radical (unpaired) electrons. The van der Waals surface area contributed by atoms with Crippen LogP contribution in [0, 0.1) is 0 Å². The fourth-order valence-corrected chi connectivity index (χ4v) is 28.7. The molecule has 4 aliphatic rings. The van der Waals surface area contributed by atoms with E-state index >= 15 is 0 Å². The van der Waals surface area contributed by atoms with Crippen molar-refractivity contribution in [2.24, 2.45) is 0 Å². The second-order valence-corrected chi connectivity index (χ2v) is 28.4. The van der Waals surface area contributed by atoms with Gasteiger partial charge in [-0.3, -0.25) is 0 Å². The summed E-state index contributed by atoms with van der Waals surface area (Å²) in [5.74, 6) is 0.588. The molecule has 306 valence electrons. The summed E-state index contributed by atoms with van der Waals surface area (Å²) >= 11 is 22.3. The number of nitrogens with zero attached hydrogens (tertiary/aromatic N) is 3. The van der Waals surface area contributed by atoms with E-state index in [0.717, 1.165) is 94.0 Å². The topological polar surface area (TPSA) is 28.2 Å². The number of benzene rings is 10. The van der Waals surface area contributed by atoms with E-state index in [1.165, 1.54) is 0 Å². The number of anilines is 9. The van der Waals surface area contributed by atoms with Crippen molar-refractivity contribution in [3.63, 3.8) is 0 Å². The van der Waals surface area contributed by atoms with Crippen LogP contribution in [0.3, 0.4) is 0 Å². The zero-order valence-electron chi connectivity index (χ0n) is 33.4. The maximum atomic E-state index is 8.06. The fourth-order valence-electron chi connectivity index (χ4n) is 10.8. The van der Waals surface area contributed by atoms with Crippen molar-refractivity contribution >= 4 is 159 Å². The first kappa shape index (κ1) is 37.3. The van der Waals surface area contributed by atoms with Crippen molar-refractivity contribution in [3.05, 3.63) is 202 Å². The summed E-state index contributed by atoms with van der Waals surface area (Å²) in [7, 11) is 0. The van der Waals surface area contributed by atoms with Gasteiger partial charge in [0.25, 0.3) is 0 Å². The van der Waals surface area contributed by atoms with Gasteiger partial charge in [-0.1, -0.05) is 0 Å². The molecule has 0 aromatic heterocycles. The monoisotopic (exact) mass is 1010 g/mol. The standard InChI is InChI=1S/C48H30N3.C6H2Cl4O2.Sb/c1-4-13-37-28-46(25-22-34(37)10-1)49-40-16-7-18-42(31-40)50(47-26-23-35-11-2-5-14-38(35)29-47)44-20-9-21-45(33-44)51(43-19-8-17-41(49)32-43)48-27-24-36-12-3-6-15-39(36)30-48;7-1-2(8)4(10)6(12)5(11)3(1)9;/h1-30H;11-12H;/q;;+2/p-2. The van der Waals surface area contributed by atoms with Gasteiger partial charge in [0.15, 0.2) is 0 Å². The molecule has 0 aliphatic carbocycles. The van der Waals surface area contributed by atoms with Crippen LogP contribution in [0.1, 0.15) is 0 Å². The first-order chi connectivity index (χ1) is 31.3. The van der Waals surface area contributed by atoms with E-state index in [1.54, 1.807) is 0 Å². The molecular weight excluding hydrogens is 986 g/mol. The van der Waals surface area contributed by atoms with Crippen LogP contribution in [0.25, 0.3) is 32.3 Å². The predicted molar refractivity (Wildman–Crippen MR) is 269 cm³/mol. The van der Waals surface area contributed by atoms with Crippen LogP contribution in [-0.4, -0.2) is 18.2 Å². The minimum atomic E-state index is -6.17. The summed E-state index contributed by atoms with van der Waals surface area (Å²) in [5, 5.41) is 7.37. The Morgan fingerprint density at radius 3 is 0.875 bits per heavy atom. The number of halogens is 4. The third-order valence-corrected chi connectivity index (χ3v) is 29.0.